The van der Waals surface area contributed by atoms with Crippen molar-refractivity contribution in [2.45, 2.75) is 38.1 Å². The van der Waals surface area contributed by atoms with E-state index < -0.39 is 0 Å². The van der Waals surface area contributed by atoms with Gasteiger partial charge in [0.05, 0.1) is 7.11 Å². The molecule has 0 radical (unpaired) electrons. The van der Waals surface area contributed by atoms with Gasteiger partial charge in [0, 0.05) is 17.8 Å². The third-order valence-corrected chi connectivity index (χ3v) is 3.13. The molecule has 1 aliphatic rings. The van der Waals surface area contributed by atoms with Gasteiger partial charge in [-0.15, -0.1) is 0 Å². The molecule has 1 aliphatic carbocycles. The number of ether oxygens (including phenoxy) is 1. The summed E-state index contributed by atoms with van der Waals surface area (Å²) in [7, 11) is 1.49. The molecule has 1 fully saturated rings. The quantitative estimate of drug-likeness (QED) is 0.845. The van der Waals surface area contributed by atoms with Gasteiger partial charge in [0.2, 0.25) is 0 Å². The van der Waals surface area contributed by atoms with E-state index >= 15 is 0 Å². The number of nitrogens with one attached hydrogen (secondary N) is 1. The van der Waals surface area contributed by atoms with Crippen LogP contribution in [0.1, 0.15) is 32.1 Å². The molecule has 1 aromatic carbocycles. The molecule has 0 spiro atoms. The van der Waals surface area contributed by atoms with E-state index in [1.54, 1.807) is 12.1 Å². The van der Waals surface area contributed by atoms with Crippen LogP contribution in [-0.2, 0) is 0 Å². The number of methoxy groups -OCH3 is 1. The lowest BCUT2D eigenvalue weighted by molar-refractivity contribution is 0.386. The number of rotatable bonds is 3. The molecule has 0 atom stereocenters. The molecule has 0 bridgehead atoms. The minimum atomic E-state index is -0.309. The zero-order chi connectivity index (χ0) is 11.4. The fraction of sp³-hybridized carbons (Fsp3) is 0.538. The Balaban J connectivity index is 2.03. The van der Waals surface area contributed by atoms with Crippen molar-refractivity contribution in [2.24, 2.45) is 0 Å². The first-order valence-corrected chi connectivity index (χ1v) is 5.89. The molecule has 0 unspecified atom stereocenters. The first kappa shape index (κ1) is 11.2. The maximum Gasteiger partial charge on any atom is 0.165 e. The largest absolute Gasteiger partial charge is 0.494 e. The van der Waals surface area contributed by atoms with Crippen molar-refractivity contribution in [1.29, 1.82) is 0 Å². The van der Waals surface area contributed by atoms with Crippen LogP contribution in [0.25, 0.3) is 0 Å². The van der Waals surface area contributed by atoms with Gasteiger partial charge >= 0.3 is 0 Å². The first-order valence-electron chi connectivity index (χ1n) is 5.89. The molecule has 2 rings (SSSR count). The number of benzene rings is 1. The zero-order valence-electron chi connectivity index (χ0n) is 9.63. The maximum atomic E-state index is 13.2. The van der Waals surface area contributed by atoms with Gasteiger partial charge in [-0.2, -0.15) is 0 Å². The molecule has 1 N–H and O–H groups in total. The summed E-state index contributed by atoms with van der Waals surface area (Å²) in [6, 6.07) is 5.48. The molecule has 0 heterocycles. The van der Waals surface area contributed by atoms with Crippen LogP contribution in [0.3, 0.4) is 0 Å². The molecule has 1 saturated carbocycles. The number of hydrogen-bond acceptors (Lipinski definition) is 2. The maximum absolute atomic E-state index is 13.2. The van der Waals surface area contributed by atoms with E-state index in [1.807, 2.05) is 0 Å². The van der Waals surface area contributed by atoms with Crippen LogP contribution in [-0.4, -0.2) is 13.2 Å². The summed E-state index contributed by atoms with van der Waals surface area (Å²) in [6.45, 7) is 0. The average Bonchev–Trinajstić information content (AvgIpc) is 2.33. The molecule has 88 valence electrons. The van der Waals surface area contributed by atoms with Crippen molar-refractivity contribution >= 4 is 5.69 Å². The molecule has 3 heteroatoms. The Morgan fingerprint density at radius 3 is 2.69 bits per heavy atom. The van der Waals surface area contributed by atoms with E-state index in [-0.39, 0.29) is 5.82 Å². The lowest BCUT2D eigenvalue weighted by atomic mass is 9.95. The second-order valence-electron chi connectivity index (χ2n) is 4.33. The van der Waals surface area contributed by atoms with Gasteiger partial charge in [-0.05, 0) is 25.0 Å². The Hall–Kier alpha value is -1.25. The van der Waals surface area contributed by atoms with Crippen LogP contribution in [0.4, 0.5) is 10.1 Å². The summed E-state index contributed by atoms with van der Waals surface area (Å²) < 4.78 is 18.2. The van der Waals surface area contributed by atoms with Crippen LogP contribution in [0.15, 0.2) is 18.2 Å². The summed E-state index contributed by atoms with van der Waals surface area (Å²) >= 11 is 0. The van der Waals surface area contributed by atoms with E-state index in [4.69, 9.17) is 4.74 Å². The van der Waals surface area contributed by atoms with Gasteiger partial charge in [0.25, 0.3) is 0 Å². The molecule has 16 heavy (non-hydrogen) atoms. The van der Waals surface area contributed by atoms with E-state index in [2.05, 4.69) is 5.32 Å². The predicted molar refractivity (Wildman–Crippen MR) is 63.4 cm³/mol. The van der Waals surface area contributed by atoms with Crippen molar-refractivity contribution in [3.63, 3.8) is 0 Å². The lowest BCUT2D eigenvalue weighted by Gasteiger charge is -2.24. The van der Waals surface area contributed by atoms with E-state index in [9.17, 15) is 4.39 Å². The third-order valence-electron chi connectivity index (χ3n) is 3.13. The summed E-state index contributed by atoms with van der Waals surface area (Å²) in [5.41, 5.74) is 0.949. The van der Waals surface area contributed by atoms with Crippen LogP contribution in [0.5, 0.6) is 5.75 Å². The van der Waals surface area contributed by atoms with E-state index in [1.165, 1.54) is 45.3 Å². The molecule has 1 aromatic rings. The highest BCUT2D eigenvalue weighted by Gasteiger charge is 2.13. The smallest absolute Gasteiger partial charge is 0.165 e. The highest BCUT2D eigenvalue weighted by molar-refractivity contribution is 5.49. The third kappa shape index (κ3) is 2.65. The van der Waals surface area contributed by atoms with Crippen LogP contribution in [0.2, 0.25) is 0 Å². The average molecular weight is 223 g/mol. The summed E-state index contributed by atoms with van der Waals surface area (Å²) in [6.07, 6.45) is 6.33. The van der Waals surface area contributed by atoms with Gasteiger partial charge in [-0.25, -0.2) is 4.39 Å². The summed E-state index contributed by atoms with van der Waals surface area (Å²) in [4.78, 5) is 0. The molecule has 0 aromatic heterocycles. The Kier molecular flexibility index (Phi) is 3.65. The molecular formula is C13H18FNO. The fourth-order valence-corrected chi connectivity index (χ4v) is 2.23. The number of anilines is 1. The van der Waals surface area contributed by atoms with Gasteiger partial charge in [-0.1, -0.05) is 19.3 Å². The molecule has 0 amide bonds. The minimum Gasteiger partial charge on any atom is -0.494 e. The Morgan fingerprint density at radius 2 is 2.00 bits per heavy atom. The highest BCUT2D eigenvalue weighted by Crippen LogP contribution is 2.25. The van der Waals surface area contributed by atoms with Crippen LogP contribution in [0, 0.1) is 5.82 Å². The second-order valence-corrected chi connectivity index (χ2v) is 4.33. The Labute approximate surface area is 95.8 Å². The predicted octanol–water partition coefficient (Wildman–Crippen LogP) is 3.58. The van der Waals surface area contributed by atoms with E-state index in [0.717, 1.165) is 5.69 Å². The second kappa shape index (κ2) is 5.19. The van der Waals surface area contributed by atoms with Crippen molar-refractivity contribution < 1.29 is 9.13 Å². The summed E-state index contributed by atoms with van der Waals surface area (Å²) in [5, 5.41) is 3.44. The van der Waals surface area contributed by atoms with E-state index in [0.29, 0.717) is 11.8 Å². The van der Waals surface area contributed by atoms with Gasteiger partial charge in [-0.3, -0.25) is 0 Å². The SMILES string of the molecule is COc1cc(NC2CCCCC2)ccc1F. The van der Waals surface area contributed by atoms with Crippen molar-refractivity contribution in [3.8, 4) is 5.75 Å². The van der Waals surface area contributed by atoms with Crippen molar-refractivity contribution in [3.05, 3.63) is 24.0 Å². The molecule has 0 saturated heterocycles. The fourth-order valence-electron chi connectivity index (χ4n) is 2.23. The van der Waals surface area contributed by atoms with Crippen molar-refractivity contribution in [1.82, 2.24) is 0 Å². The number of hydrogen-bond donors (Lipinski definition) is 1. The standard InChI is InChI=1S/C13H18FNO/c1-16-13-9-11(7-8-12(13)14)15-10-5-3-2-4-6-10/h7-10,15H,2-6H2,1H3. The molecule has 0 aliphatic heterocycles. The first-order chi connectivity index (χ1) is 7.79. The topological polar surface area (TPSA) is 21.3 Å². The van der Waals surface area contributed by atoms with Gasteiger partial charge in [0.1, 0.15) is 0 Å². The molecule has 2 nitrogen and oxygen atoms in total. The number of halogens is 1. The molecular weight excluding hydrogens is 205 g/mol. The Bertz CT molecular complexity index is 348. The van der Waals surface area contributed by atoms with Crippen molar-refractivity contribution in [2.75, 3.05) is 12.4 Å². The Morgan fingerprint density at radius 1 is 1.25 bits per heavy atom. The van der Waals surface area contributed by atoms with Gasteiger partial charge in [0.15, 0.2) is 11.6 Å². The lowest BCUT2D eigenvalue weighted by Crippen LogP contribution is -2.22. The van der Waals surface area contributed by atoms with Crippen LogP contribution < -0.4 is 10.1 Å². The van der Waals surface area contributed by atoms with Crippen LogP contribution >= 0.6 is 0 Å². The summed E-state index contributed by atoms with van der Waals surface area (Å²) in [5.74, 6) is -0.00231. The minimum absolute atomic E-state index is 0.306. The zero-order valence-corrected chi connectivity index (χ0v) is 9.63. The highest BCUT2D eigenvalue weighted by atomic mass is 19.1. The normalized spacial score (nSPS) is 17.1. The van der Waals surface area contributed by atoms with Gasteiger partial charge < -0.3 is 10.1 Å². The monoisotopic (exact) mass is 223 g/mol.